The number of pyridine rings is 1. The van der Waals surface area contributed by atoms with Crippen LogP contribution in [0.4, 0.5) is 10.1 Å². The van der Waals surface area contributed by atoms with Gasteiger partial charge in [0.2, 0.25) is 5.88 Å². The van der Waals surface area contributed by atoms with Gasteiger partial charge in [-0.15, -0.1) is 0 Å². The number of ether oxygens (including phenoxy) is 2. The highest BCUT2D eigenvalue weighted by atomic mass is 19.1. The Balaban J connectivity index is 1.24. The minimum Gasteiger partial charge on any atom is -0.473 e. The topological polar surface area (TPSA) is 53.5 Å². The van der Waals surface area contributed by atoms with Crippen LogP contribution in [0.2, 0.25) is 0 Å². The summed E-state index contributed by atoms with van der Waals surface area (Å²) in [6.07, 6.45) is 2.10. The summed E-state index contributed by atoms with van der Waals surface area (Å²) in [5.41, 5.74) is 6.92. The summed E-state index contributed by atoms with van der Waals surface area (Å²) in [7, 11) is 1.73. The lowest BCUT2D eigenvalue weighted by atomic mass is 9.93. The molecular formula is C33H29FN4O2. The molecule has 0 bridgehead atoms. The van der Waals surface area contributed by atoms with Gasteiger partial charge in [-0.1, -0.05) is 48.5 Å². The standard InChI is InChI=1S/C33H29FN4O2/c1-22-7-14-29-30(19-22)38(17-18-39-3)32(37-29)33(15-16-33)25-11-8-23(9-12-25)28-5-4-6-31(36-28)40-21-24-10-13-26(35-2)20-27(24)34/h4-14,19-20H,15-18,21H2,1,3H3. The van der Waals surface area contributed by atoms with E-state index >= 15 is 0 Å². The number of aromatic nitrogens is 3. The summed E-state index contributed by atoms with van der Waals surface area (Å²) in [5.74, 6) is 1.05. The lowest BCUT2D eigenvalue weighted by Crippen LogP contribution is -2.18. The Morgan fingerprint density at radius 1 is 1.00 bits per heavy atom. The van der Waals surface area contributed by atoms with E-state index in [2.05, 4.69) is 63.8 Å². The highest BCUT2D eigenvalue weighted by Gasteiger charge is 2.49. The zero-order valence-corrected chi connectivity index (χ0v) is 22.5. The summed E-state index contributed by atoms with van der Waals surface area (Å²) in [6.45, 7) is 10.6. The van der Waals surface area contributed by atoms with Crippen LogP contribution in [0.3, 0.4) is 0 Å². The van der Waals surface area contributed by atoms with Crippen molar-refractivity contribution >= 4 is 16.7 Å². The van der Waals surface area contributed by atoms with Crippen LogP contribution in [0.25, 0.3) is 27.1 Å². The summed E-state index contributed by atoms with van der Waals surface area (Å²) in [5, 5.41) is 0. The number of imidazole rings is 1. The zero-order chi connectivity index (χ0) is 27.7. The molecule has 5 aromatic rings. The Bertz CT molecular complexity index is 1730. The largest absolute Gasteiger partial charge is 0.473 e. The van der Waals surface area contributed by atoms with E-state index in [1.807, 2.05) is 12.1 Å². The first kappa shape index (κ1) is 25.7. The van der Waals surface area contributed by atoms with Crippen LogP contribution < -0.4 is 4.74 Å². The van der Waals surface area contributed by atoms with E-state index in [1.54, 1.807) is 25.3 Å². The van der Waals surface area contributed by atoms with Gasteiger partial charge in [-0.25, -0.2) is 19.2 Å². The van der Waals surface area contributed by atoms with Gasteiger partial charge in [-0.3, -0.25) is 0 Å². The third kappa shape index (κ3) is 4.83. The van der Waals surface area contributed by atoms with E-state index in [4.69, 9.17) is 21.0 Å². The second-order valence-corrected chi connectivity index (χ2v) is 10.3. The van der Waals surface area contributed by atoms with Crippen molar-refractivity contribution in [3.05, 3.63) is 119 Å². The molecule has 0 aliphatic heterocycles. The smallest absolute Gasteiger partial charge is 0.214 e. The molecule has 6 nitrogen and oxygen atoms in total. The molecule has 1 saturated carbocycles. The number of benzene rings is 3. The van der Waals surface area contributed by atoms with Crippen molar-refractivity contribution in [1.82, 2.24) is 14.5 Å². The van der Waals surface area contributed by atoms with Crippen LogP contribution in [0, 0.1) is 19.3 Å². The number of halogens is 1. The molecule has 0 saturated heterocycles. The Morgan fingerprint density at radius 3 is 2.55 bits per heavy atom. The number of rotatable bonds is 9. The first-order valence-corrected chi connectivity index (χ1v) is 13.3. The Kier molecular flexibility index (Phi) is 6.79. The molecule has 7 heteroatoms. The maximum atomic E-state index is 14.3. The lowest BCUT2D eigenvalue weighted by molar-refractivity contribution is 0.187. The van der Waals surface area contributed by atoms with Crippen LogP contribution in [-0.2, 0) is 23.3 Å². The average Bonchev–Trinajstić information content (AvgIpc) is 3.71. The van der Waals surface area contributed by atoms with Crippen molar-refractivity contribution in [2.45, 2.75) is 38.3 Å². The molecule has 0 N–H and O–H groups in total. The van der Waals surface area contributed by atoms with Gasteiger partial charge in [-0.05, 0) is 55.2 Å². The summed E-state index contributed by atoms with van der Waals surface area (Å²) < 4.78 is 27.8. The second kappa shape index (κ2) is 10.6. The molecule has 0 unspecified atom stereocenters. The molecular weight excluding hydrogens is 503 g/mol. The molecule has 0 amide bonds. The highest BCUT2D eigenvalue weighted by Crippen LogP contribution is 2.53. The van der Waals surface area contributed by atoms with Gasteiger partial charge in [0.05, 0.1) is 35.3 Å². The van der Waals surface area contributed by atoms with Crippen LogP contribution in [-0.4, -0.2) is 28.3 Å². The van der Waals surface area contributed by atoms with E-state index in [0.717, 1.165) is 47.5 Å². The minimum atomic E-state index is -0.458. The number of methoxy groups -OCH3 is 1. The predicted molar refractivity (Wildman–Crippen MR) is 153 cm³/mol. The first-order valence-electron chi connectivity index (χ1n) is 13.3. The van der Waals surface area contributed by atoms with Gasteiger partial charge in [0.15, 0.2) is 5.69 Å². The predicted octanol–water partition coefficient (Wildman–Crippen LogP) is 7.40. The van der Waals surface area contributed by atoms with Crippen molar-refractivity contribution in [3.63, 3.8) is 0 Å². The molecule has 2 heterocycles. The zero-order valence-electron chi connectivity index (χ0n) is 22.5. The molecule has 0 radical (unpaired) electrons. The summed E-state index contributed by atoms with van der Waals surface area (Å²) in [6, 6.07) is 24.9. The average molecular weight is 533 g/mol. The fourth-order valence-corrected chi connectivity index (χ4v) is 5.26. The number of hydrogen-bond donors (Lipinski definition) is 0. The minimum absolute atomic E-state index is 0.0334. The van der Waals surface area contributed by atoms with Crippen molar-refractivity contribution in [3.8, 4) is 17.1 Å². The number of fused-ring (bicyclic) bond motifs is 1. The quantitative estimate of drug-likeness (QED) is 0.186. The molecule has 1 aliphatic rings. The summed E-state index contributed by atoms with van der Waals surface area (Å²) >= 11 is 0. The van der Waals surface area contributed by atoms with Crippen LogP contribution in [0.1, 0.15) is 35.4 Å². The molecule has 0 atom stereocenters. The summed E-state index contributed by atoms with van der Waals surface area (Å²) in [4.78, 5) is 13.0. The van der Waals surface area contributed by atoms with Crippen molar-refractivity contribution in [1.29, 1.82) is 0 Å². The van der Waals surface area contributed by atoms with Gasteiger partial charge >= 0.3 is 0 Å². The van der Waals surface area contributed by atoms with Gasteiger partial charge in [0.1, 0.15) is 18.2 Å². The Morgan fingerprint density at radius 2 is 1.82 bits per heavy atom. The van der Waals surface area contributed by atoms with Crippen molar-refractivity contribution in [2.24, 2.45) is 0 Å². The maximum absolute atomic E-state index is 14.3. The van der Waals surface area contributed by atoms with E-state index in [0.29, 0.717) is 18.1 Å². The molecule has 40 heavy (non-hydrogen) atoms. The van der Waals surface area contributed by atoms with E-state index in [1.165, 1.54) is 17.2 Å². The molecule has 2 aromatic heterocycles. The third-order valence-corrected chi connectivity index (χ3v) is 7.60. The van der Waals surface area contributed by atoms with Gasteiger partial charge in [0, 0.05) is 30.8 Å². The van der Waals surface area contributed by atoms with Crippen molar-refractivity contribution in [2.75, 3.05) is 13.7 Å². The van der Waals surface area contributed by atoms with Crippen LogP contribution >= 0.6 is 0 Å². The Labute approximate surface area is 232 Å². The molecule has 1 fully saturated rings. The van der Waals surface area contributed by atoms with Crippen LogP contribution in [0.5, 0.6) is 5.88 Å². The van der Waals surface area contributed by atoms with E-state index in [9.17, 15) is 4.39 Å². The van der Waals surface area contributed by atoms with Crippen LogP contribution in [0.15, 0.2) is 78.9 Å². The number of nitrogens with zero attached hydrogens (tertiary/aromatic N) is 4. The van der Waals surface area contributed by atoms with E-state index < -0.39 is 5.82 Å². The second-order valence-electron chi connectivity index (χ2n) is 10.3. The normalized spacial score (nSPS) is 13.8. The molecule has 0 spiro atoms. The maximum Gasteiger partial charge on any atom is 0.214 e. The van der Waals surface area contributed by atoms with Gasteiger partial charge in [-0.2, -0.15) is 0 Å². The van der Waals surface area contributed by atoms with E-state index in [-0.39, 0.29) is 17.7 Å². The SMILES string of the molecule is [C-]#[N+]c1ccc(COc2cccc(-c3ccc(C4(c5nc6ccc(C)cc6n5CCOC)CC4)cc3)n2)c(F)c1. The lowest BCUT2D eigenvalue weighted by Gasteiger charge is -2.18. The first-order chi connectivity index (χ1) is 19.5. The van der Waals surface area contributed by atoms with Gasteiger partial charge < -0.3 is 14.0 Å². The highest BCUT2D eigenvalue weighted by molar-refractivity contribution is 5.78. The number of hydrogen-bond acceptors (Lipinski definition) is 4. The fourth-order valence-electron chi connectivity index (χ4n) is 5.26. The molecule has 6 rings (SSSR count). The fraction of sp³-hybridized carbons (Fsp3) is 0.242. The Hall–Kier alpha value is -4.54. The monoisotopic (exact) mass is 532 g/mol. The van der Waals surface area contributed by atoms with Crippen molar-refractivity contribution < 1.29 is 13.9 Å². The third-order valence-electron chi connectivity index (χ3n) is 7.60. The number of aryl methyl sites for hydroxylation is 1. The molecule has 1 aliphatic carbocycles. The molecule has 200 valence electrons. The van der Waals surface area contributed by atoms with Gasteiger partial charge in [0.25, 0.3) is 0 Å². The molecule has 3 aromatic carbocycles.